The third kappa shape index (κ3) is 5.78. The van der Waals surface area contributed by atoms with Gasteiger partial charge in [0.15, 0.2) is 0 Å². The first kappa shape index (κ1) is 21.7. The fourth-order valence-corrected chi connectivity index (χ4v) is 3.95. The van der Waals surface area contributed by atoms with Gasteiger partial charge in [-0.2, -0.15) is 0 Å². The first-order chi connectivity index (χ1) is 15.7. The summed E-state index contributed by atoms with van der Waals surface area (Å²) >= 11 is 1.54. The van der Waals surface area contributed by atoms with Crippen LogP contribution in [0, 0.1) is 0 Å². The Balaban J connectivity index is 1.55. The molecule has 0 saturated carbocycles. The van der Waals surface area contributed by atoms with Gasteiger partial charge in [0.05, 0.1) is 24.4 Å². The van der Waals surface area contributed by atoms with Gasteiger partial charge >= 0.3 is 0 Å². The fraction of sp³-hybridized carbons (Fsp3) is 0.160. The minimum atomic E-state index is -0.422. The van der Waals surface area contributed by atoms with E-state index in [0.29, 0.717) is 24.4 Å². The maximum Gasteiger partial charge on any atom is 0.241 e. The standard InChI is InChI=1S/C25H24N4O2S/c1-31-23-13-20(19-7-9-26-10-8-19)12-21(14-23)29-25(30)24(11-18-5-3-2-4-6-18)27-15-22-16-32-17-28-22/h2-10,12-14,16-17,24,27H,11,15H2,1H3,(H,29,30)/t24-/m0/s1. The number of carbonyl (C=O) groups excluding carboxylic acids is 1. The Kier molecular flexibility index (Phi) is 7.22. The van der Waals surface area contributed by atoms with Crippen LogP contribution >= 0.6 is 11.3 Å². The number of benzene rings is 2. The number of rotatable bonds is 9. The lowest BCUT2D eigenvalue weighted by Gasteiger charge is -2.19. The zero-order valence-electron chi connectivity index (χ0n) is 17.7. The van der Waals surface area contributed by atoms with E-state index in [2.05, 4.69) is 20.6 Å². The lowest BCUT2D eigenvalue weighted by atomic mass is 10.0. The molecule has 0 aliphatic carbocycles. The topological polar surface area (TPSA) is 76.1 Å². The summed E-state index contributed by atoms with van der Waals surface area (Å²) in [5.74, 6) is 0.558. The molecule has 6 nitrogen and oxygen atoms in total. The molecule has 0 unspecified atom stereocenters. The van der Waals surface area contributed by atoms with Crippen molar-refractivity contribution in [3.8, 4) is 16.9 Å². The molecular weight excluding hydrogens is 420 g/mol. The minimum absolute atomic E-state index is 0.113. The van der Waals surface area contributed by atoms with E-state index in [-0.39, 0.29) is 5.91 Å². The number of ether oxygens (including phenoxy) is 1. The van der Waals surface area contributed by atoms with Crippen LogP contribution in [0.2, 0.25) is 0 Å². The van der Waals surface area contributed by atoms with Crippen LogP contribution in [0.25, 0.3) is 11.1 Å². The Hall–Kier alpha value is -3.55. The third-order valence-corrected chi connectivity index (χ3v) is 5.67. The molecule has 2 N–H and O–H groups in total. The number of nitrogens with one attached hydrogen (secondary N) is 2. The quantitative estimate of drug-likeness (QED) is 0.396. The maximum atomic E-state index is 13.3. The number of hydrogen-bond donors (Lipinski definition) is 2. The normalized spacial score (nSPS) is 11.7. The third-order valence-electron chi connectivity index (χ3n) is 5.04. The van der Waals surface area contributed by atoms with E-state index in [4.69, 9.17) is 4.74 Å². The largest absolute Gasteiger partial charge is 0.497 e. The predicted molar refractivity (Wildman–Crippen MR) is 128 cm³/mol. The van der Waals surface area contributed by atoms with Gasteiger partial charge in [-0.1, -0.05) is 30.3 Å². The smallest absolute Gasteiger partial charge is 0.241 e. The average Bonchev–Trinajstić information content (AvgIpc) is 3.36. The maximum absolute atomic E-state index is 13.3. The van der Waals surface area contributed by atoms with E-state index in [9.17, 15) is 4.79 Å². The van der Waals surface area contributed by atoms with Crippen molar-refractivity contribution in [3.05, 3.63) is 95.2 Å². The van der Waals surface area contributed by atoms with E-state index in [0.717, 1.165) is 22.4 Å². The second-order valence-electron chi connectivity index (χ2n) is 7.28. The molecule has 32 heavy (non-hydrogen) atoms. The Morgan fingerprint density at radius 1 is 1.06 bits per heavy atom. The Bertz CT molecular complexity index is 1140. The molecule has 7 heteroatoms. The number of thiazole rings is 1. The molecule has 0 saturated heterocycles. The van der Waals surface area contributed by atoms with Crippen LogP contribution in [-0.2, 0) is 17.8 Å². The number of aromatic nitrogens is 2. The van der Waals surface area contributed by atoms with Gasteiger partial charge in [0.25, 0.3) is 0 Å². The molecule has 0 fully saturated rings. The van der Waals surface area contributed by atoms with Crippen molar-refractivity contribution < 1.29 is 9.53 Å². The summed E-state index contributed by atoms with van der Waals surface area (Å²) in [5, 5.41) is 8.40. The SMILES string of the molecule is COc1cc(NC(=O)[C@H](Cc2ccccc2)NCc2cscn2)cc(-c2ccncc2)c1. The molecule has 0 spiro atoms. The Morgan fingerprint density at radius 2 is 1.88 bits per heavy atom. The van der Waals surface area contributed by atoms with Crippen molar-refractivity contribution in [3.63, 3.8) is 0 Å². The van der Waals surface area contributed by atoms with Crippen molar-refractivity contribution in [1.29, 1.82) is 0 Å². The number of hydrogen-bond acceptors (Lipinski definition) is 6. The van der Waals surface area contributed by atoms with Gasteiger partial charge in [-0.15, -0.1) is 11.3 Å². The van der Waals surface area contributed by atoms with Crippen LogP contribution < -0.4 is 15.4 Å². The summed E-state index contributed by atoms with van der Waals surface area (Å²) < 4.78 is 5.46. The summed E-state index contributed by atoms with van der Waals surface area (Å²) in [6, 6.07) is 19.1. The van der Waals surface area contributed by atoms with E-state index >= 15 is 0 Å². The van der Waals surface area contributed by atoms with E-state index < -0.39 is 6.04 Å². The number of pyridine rings is 1. The second kappa shape index (κ2) is 10.7. The van der Waals surface area contributed by atoms with Gasteiger partial charge in [0.2, 0.25) is 5.91 Å². The van der Waals surface area contributed by atoms with Crippen LogP contribution in [0.15, 0.2) is 83.9 Å². The molecule has 0 radical (unpaired) electrons. The van der Waals surface area contributed by atoms with Crippen LogP contribution in [0.3, 0.4) is 0 Å². The van der Waals surface area contributed by atoms with Crippen LogP contribution in [0.5, 0.6) is 5.75 Å². The van der Waals surface area contributed by atoms with Crippen LogP contribution in [0.4, 0.5) is 5.69 Å². The average molecular weight is 445 g/mol. The first-order valence-electron chi connectivity index (χ1n) is 10.3. The number of nitrogens with zero attached hydrogens (tertiary/aromatic N) is 2. The summed E-state index contributed by atoms with van der Waals surface area (Å²) in [6.45, 7) is 0.523. The molecule has 4 rings (SSSR count). The molecule has 1 amide bonds. The Morgan fingerprint density at radius 3 is 2.59 bits per heavy atom. The van der Waals surface area contributed by atoms with Gasteiger partial charge in [-0.05, 0) is 47.4 Å². The zero-order chi connectivity index (χ0) is 22.2. The van der Waals surface area contributed by atoms with Gasteiger partial charge in [-0.25, -0.2) is 4.98 Å². The highest BCUT2D eigenvalue weighted by atomic mass is 32.1. The molecule has 4 aromatic rings. The zero-order valence-corrected chi connectivity index (χ0v) is 18.5. The molecule has 1 atom stereocenters. The van der Waals surface area contributed by atoms with Crippen molar-refractivity contribution in [2.24, 2.45) is 0 Å². The number of methoxy groups -OCH3 is 1. The highest BCUT2D eigenvalue weighted by Crippen LogP contribution is 2.28. The summed E-state index contributed by atoms with van der Waals surface area (Å²) in [7, 11) is 1.62. The van der Waals surface area contributed by atoms with E-state index in [1.165, 1.54) is 11.3 Å². The molecule has 162 valence electrons. The van der Waals surface area contributed by atoms with Gasteiger partial charge in [0, 0.05) is 36.1 Å². The molecule has 2 heterocycles. The highest BCUT2D eigenvalue weighted by Gasteiger charge is 2.20. The summed E-state index contributed by atoms with van der Waals surface area (Å²) in [5.41, 5.74) is 6.41. The number of anilines is 1. The van der Waals surface area contributed by atoms with Gasteiger partial charge in [0.1, 0.15) is 5.75 Å². The fourth-order valence-electron chi connectivity index (χ4n) is 3.39. The predicted octanol–water partition coefficient (Wildman–Crippen LogP) is 4.55. The van der Waals surface area contributed by atoms with E-state index in [1.54, 1.807) is 25.0 Å². The molecular formula is C25H24N4O2S. The number of amides is 1. The summed E-state index contributed by atoms with van der Waals surface area (Å²) in [4.78, 5) is 21.7. The van der Waals surface area contributed by atoms with E-state index in [1.807, 2.05) is 66.0 Å². The minimum Gasteiger partial charge on any atom is -0.497 e. The van der Waals surface area contributed by atoms with Gasteiger partial charge < -0.3 is 10.1 Å². The van der Waals surface area contributed by atoms with Crippen molar-refractivity contribution in [1.82, 2.24) is 15.3 Å². The van der Waals surface area contributed by atoms with Crippen molar-refractivity contribution in [2.45, 2.75) is 19.0 Å². The van der Waals surface area contributed by atoms with Crippen LogP contribution in [0.1, 0.15) is 11.3 Å². The van der Waals surface area contributed by atoms with Crippen LogP contribution in [-0.4, -0.2) is 29.0 Å². The molecule has 2 aromatic heterocycles. The summed E-state index contributed by atoms with van der Waals surface area (Å²) in [6.07, 6.45) is 4.05. The Labute approximate surface area is 191 Å². The van der Waals surface area contributed by atoms with Crippen molar-refractivity contribution in [2.75, 3.05) is 12.4 Å². The monoisotopic (exact) mass is 444 g/mol. The van der Waals surface area contributed by atoms with Gasteiger partial charge in [-0.3, -0.25) is 15.1 Å². The molecule has 0 bridgehead atoms. The second-order valence-corrected chi connectivity index (χ2v) is 8.00. The first-order valence-corrected chi connectivity index (χ1v) is 11.2. The lowest BCUT2D eigenvalue weighted by molar-refractivity contribution is -0.118. The molecule has 2 aromatic carbocycles. The molecule has 0 aliphatic heterocycles. The van der Waals surface area contributed by atoms with Crippen molar-refractivity contribution >= 4 is 22.9 Å². The number of carbonyl (C=O) groups is 1. The molecule has 0 aliphatic rings. The lowest BCUT2D eigenvalue weighted by Crippen LogP contribution is -2.41. The highest BCUT2D eigenvalue weighted by molar-refractivity contribution is 7.07.